The van der Waals surface area contributed by atoms with E-state index in [0.717, 1.165) is 284 Å². The van der Waals surface area contributed by atoms with Crippen LogP contribution in [0, 0.1) is 284 Å². The second-order valence-electron chi connectivity index (χ2n) is 63.5. The highest BCUT2D eigenvalue weighted by Gasteiger charge is 2.54. The standard InChI is InChI=1S/C143H242/c1-5-97-65-129-68-100-36-8-9-40-104-72-132-77-109-45-18-21-49-113-81-137-84-116-52-24-25-56-120-88-140-93-125-62-34-35-63-127-95-143-90-122-58-30-27-54-118-86-138-83-115-51-23-20-47-111-79-135-74-106-42-14-11-38-102-70-130-67-99(7-3)103(71-131(130)66-98(102)6-2)39-12-15-43-107(111)75-134(135)78-110(106)46-19-22-50-114(118)82-139(138)87-119(115)55-28-31-59-123(127)91-142(143)94-126(122)61-33-32-60-124(120)92-141(140)89-121(125)57-29-26-53-117(113)85-136(137)80-112(116)48-17-16-44-108(104)76-133(132)73-105(109)41-13-10-37-101(97)69-128(129)64-96(100)4/h96-143H,5-95H2,1-4H3. The first-order valence-electron chi connectivity index (χ1n) is 70.5. The predicted molar refractivity (Wildman–Crippen MR) is 610 cm³/mol. The number of rotatable bonds is 3. The summed E-state index contributed by atoms with van der Waals surface area (Å²) in [5, 5.41) is 0. The maximum atomic E-state index is 2.74. The van der Waals surface area contributed by atoms with E-state index in [-0.39, 0.29) is 0 Å². The Morgan fingerprint density at radius 1 is 0.0909 bits per heavy atom. The first-order valence-corrected chi connectivity index (χ1v) is 70.5. The van der Waals surface area contributed by atoms with Crippen molar-refractivity contribution in [1.29, 1.82) is 0 Å². The van der Waals surface area contributed by atoms with Crippen molar-refractivity contribution in [2.45, 2.75) is 612 Å². The molecule has 0 heteroatoms. The normalized spacial score (nSPS) is 51.4. The van der Waals surface area contributed by atoms with E-state index >= 15 is 0 Å². The SMILES string of the molecule is CCC1CC2CC3CCCCC4CC5CC6CCCCC7CC8CC9CCCCC%10CC%11CC%12CCCCC%13CC%14CC%15CCCCC%16CC%17CC%18CCCCC%19CC%20CC%21CCCCC%22CC%23CC(CC)C(CCCCC%19CC%20CC%21CCCCC%16CC%17CC%18CCCCC%13CC%14CC%15CCCCC%10CC%11CC%12CCCCC7CC8CC9CCCCC4CC5CC6CCCCC1CC2CC3C)CC%23CC%22CC. The highest BCUT2D eigenvalue weighted by Crippen LogP contribution is 2.65. The molecule has 72 aliphatic rings. The van der Waals surface area contributed by atoms with Crippen LogP contribution < -0.4 is 0 Å². The third-order valence-electron chi connectivity index (χ3n) is 56.8. The summed E-state index contributed by atoms with van der Waals surface area (Å²) in [5.74, 6) is 50.7. The molecule has 72 rings (SSSR count). The maximum Gasteiger partial charge on any atom is -0.0380 e. The predicted octanol–water partition coefficient (Wildman–Crippen LogP) is 43.5. The van der Waals surface area contributed by atoms with Crippen LogP contribution >= 0.6 is 0 Å². The summed E-state index contributed by atoms with van der Waals surface area (Å²) in [6.45, 7) is 10.6. The molecule has 143 heavy (non-hydrogen) atoms. The van der Waals surface area contributed by atoms with Gasteiger partial charge in [-0.15, -0.1) is 0 Å². The molecule has 72 aliphatic carbocycles. The van der Waals surface area contributed by atoms with Gasteiger partial charge in [-0.2, -0.15) is 0 Å². The summed E-state index contributed by atoms with van der Waals surface area (Å²) in [6, 6.07) is 0. The minimum Gasteiger partial charge on any atom is -0.0651 e. The zero-order valence-electron chi connectivity index (χ0n) is 96.1. The molecule has 48 atom stereocenters. The van der Waals surface area contributed by atoms with Crippen molar-refractivity contribution in [2.75, 3.05) is 0 Å². The lowest BCUT2D eigenvalue weighted by Crippen LogP contribution is -2.41. The zero-order valence-corrected chi connectivity index (χ0v) is 96.1. The summed E-state index contributed by atoms with van der Waals surface area (Å²) >= 11 is 0. The Morgan fingerprint density at radius 3 is 0.294 bits per heavy atom. The van der Waals surface area contributed by atoms with E-state index in [4.69, 9.17) is 0 Å². The molecule has 72 fully saturated rings. The third-order valence-corrected chi connectivity index (χ3v) is 56.8. The zero-order chi connectivity index (χ0) is 96.1. The van der Waals surface area contributed by atoms with Gasteiger partial charge in [0, 0.05) is 0 Å². The van der Waals surface area contributed by atoms with Crippen LogP contribution in [0.4, 0.5) is 0 Å². The highest BCUT2D eigenvalue weighted by molar-refractivity contribution is 5.05. The van der Waals surface area contributed by atoms with Gasteiger partial charge < -0.3 is 0 Å². The summed E-state index contributed by atoms with van der Waals surface area (Å²) in [7, 11) is 0. The fourth-order valence-corrected chi connectivity index (χ4v) is 49.3. The van der Waals surface area contributed by atoms with Gasteiger partial charge in [0.05, 0.1) is 0 Å². The molecule has 0 aliphatic heterocycles. The molecule has 0 aromatic heterocycles. The van der Waals surface area contributed by atoms with Crippen molar-refractivity contribution in [1.82, 2.24) is 0 Å². The van der Waals surface area contributed by atoms with Gasteiger partial charge >= 0.3 is 0 Å². The minimum absolute atomic E-state index is 0.988. The van der Waals surface area contributed by atoms with Gasteiger partial charge in [0.25, 0.3) is 0 Å². The van der Waals surface area contributed by atoms with Crippen molar-refractivity contribution in [3.05, 3.63) is 0 Å². The summed E-state index contributed by atoms with van der Waals surface area (Å²) < 4.78 is 0. The van der Waals surface area contributed by atoms with Gasteiger partial charge in [-0.3, -0.25) is 0 Å². The van der Waals surface area contributed by atoms with Gasteiger partial charge in [-0.1, -0.05) is 407 Å². The number of hydrogen-bond donors (Lipinski definition) is 0. The molecule has 0 saturated heterocycles. The first kappa shape index (κ1) is 106. The second kappa shape index (κ2) is 51.1. The topological polar surface area (TPSA) is 0 Å². The van der Waals surface area contributed by atoms with Crippen LogP contribution in [0.15, 0.2) is 0 Å². The summed E-state index contributed by atoms with van der Waals surface area (Å²) in [6.07, 6.45) is 147. The van der Waals surface area contributed by atoms with Gasteiger partial charge in [-0.25, -0.2) is 0 Å². The first-order chi connectivity index (χ1) is 70.5. The van der Waals surface area contributed by atoms with E-state index in [0.29, 0.717) is 0 Å². The molecule has 0 amide bonds. The van der Waals surface area contributed by atoms with E-state index in [2.05, 4.69) is 27.7 Å². The second-order valence-corrected chi connectivity index (χ2v) is 63.5. The van der Waals surface area contributed by atoms with Gasteiger partial charge in [0.2, 0.25) is 0 Å². The minimum atomic E-state index is 0.988. The quantitative estimate of drug-likeness (QED) is 0.264. The molecule has 0 spiro atoms. The van der Waals surface area contributed by atoms with E-state index in [9.17, 15) is 0 Å². The third kappa shape index (κ3) is 25.9. The van der Waals surface area contributed by atoms with Crippen LogP contribution in [0.3, 0.4) is 0 Å². The Hall–Kier alpha value is 0. The van der Waals surface area contributed by atoms with Crippen LogP contribution in [-0.2, 0) is 0 Å². The van der Waals surface area contributed by atoms with E-state index in [1.165, 1.54) is 19.3 Å². The van der Waals surface area contributed by atoms with Crippen molar-refractivity contribution in [3.63, 3.8) is 0 Å². The van der Waals surface area contributed by atoms with Crippen LogP contribution in [0.25, 0.3) is 0 Å². The Bertz CT molecular complexity index is 3440. The Kier molecular flexibility index (Phi) is 37.9. The van der Waals surface area contributed by atoms with Crippen molar-refractivity contribution < 1.29 is 0 Å². The molecule has 72 saturated carbocycles. The van der Waals surface area contributed by atoms with Crippen molar-refractivity contribution in [3.8, 4) is 0 Å². The fraction of sp³-hybridized carbons (Fsp3) is 1.00. The molecular formula is C143H242. The molecule has 44 bridgehead atoms. The molecule has 0 heterocycles. The molecule has 0 aromatic carbocycles. The van der Waals surface area contributed by atoms with Crippen LogP contribution in [0.5, 0.6) is 0 Å². The van der Waals surface area contributed by atoms with Crippen molar-refractivity contribution >= 4 is 0 Å². The van der Waals surface area contributed by atoms with Gasteiger partial charge in [0.1, 0.15) is 0 Å². The molecule has 48 unspecified atom stereocenters. The molecule has 0 nitrogen and oxygen atoms in total. The molecule has 814 valence electrons. The van der Waals surface area contributed by atoms with Crippen LogP contribution in [0.1, 0.15) is 612 Å². The Morgan fingerprint density at radius 2 is 0.175 bits per heavy atom. The summed E-state index contributed by atoms with van der Waals surface area (Å²) in [4.78, 5) is 0. The largest absolute Gasteiger partial charge is 0.0651 e. The van der Waals surface area contributed by atoms with Gasteiger partial charge in [0.15, 0.2) is 0 Å². The van der Waals surface area contributed by atoms with E-state index < -0.39 is 0 Å². The summed E-state index contributed by atoms with van der Waals surface area (Å²) in [5.41, 5.74) is 0. The molecular weight excluding hydrogens is 1720 g/mol. The van der Waals surface area contributed by atoms with E-state index in [1.807, 2.05) is 0 Å². The number of hydrogen-bond acceptors (Lipinski definition) is 0. The highest BCUT2D eigenvalue weighted by atomic mass is 14.6. The smallest absolute Gasteiger partial charge is 0.0380 e. The Labute approximate surface area is 889 Å². The lowest BCUT2D eigenvalue weighted by atomic mass is 9.55. The van der Waals surface area contributed by atoms with Crippen LogP contribution in [0.2, 0.25) is 0 Å². The molecule has 0 aromatic rings. The lowest BCUT2D eigenvalue weighted by Gasteiger charge is -2.51. The van der Waals surface area contributed by atoms with Crippen molar-refractivity contribution in [2.24, 2.45) is 284 Å². The van der Waals surface area contributed by atoms with Gasteiger partial charge in [-0.05, 0) is 490 Å². The Balaban J connectivity index is 0.464. The molecule has 0 N–H and O–H groups in total. The monoisotopic (exact) mass is 1960 g/mol. The average Bonchev–Trinajstić information content (AvgIpc) is 0.788. The van der Waals surface area contributed by atoms with Crippen LogP contribution in [-0.4, -0.2) is 0 Å². The maximum absolute atomic E-state index is 2.74. The lowest BCUT2D eigenvalue weighted by molar-refractivity contribution is -0.00215. The van der Waals surface area contributed by atoms with E-state index in [1.54, 1.807) is 565 Å². The molecule has 0 radical (unpaired) electrons. The fourth-order valence-electron chi connectivity index (χ4n) is 49.3. The average molecular weight is 1960 g/mol.